The number of aliphatic hydroxyl groups excluding tert-OH is 1. The van der Waals surface area contributed by atoms with E-state index in [2.05, 4.69) is 0 Å². The van der Waals surface area contributed by atoms with Crippen LogP contribution < -0.4 is 0 Å². The number of benzene rings is 1. The van der Waals surface area contributed by atoms with Gasteiger partial charge in [-0.2, -0.15) is 4.31 Å². The second-order valence-electron chi connectivity index (χ2n) is 4.58. The Labute approximate surface area is 111 Å². The number of aryl methyl sites for hydroxylation is 1. The average Bonchev–Trinajstić information content (AvgIpc) is 2.72. The van der Waals surface area contributed by atoms with E-state index in [9.17, 15) is 18.3 Å². The van der Waals surface area contributed by atoms with E-state index >= 15 is 0 Å². The molecule has 2 N–H and O–H groups in total. The lowest BCUT2D eigenvalue weighted by molar-refractivity contribution is -0.140. The van der Waals surface area contributed by atoms with Gasteiger partial charge in [-0.15, -0.1) is 0 Å². The molecule has 2 atom stereocenters. The van der Waals surface area contributed by atoms with Crippen LogP contribution in [0, 0.1) is 6.92 Å². The van der Waals surface area contributed by atoms with E-state index in [-0.39, 0.29) is 17.9 Å². The topological polar surface area (TPSA) is 94.9 Å². The van der Waals surface area contributed by atoms with Gasteiger partial charge in [0.05, 0.1) is 11.0 Å². The highest BCUT2D eigenvalue weighted by Crippen LogP contribution is 2.28. The van der Waals surface area contributed by atoms with Gasteiger partial charge in [0.1, 0.15) is 6.04 Å². The SMILES string of the molecule is Cc1ccccc1S(=O)(=O)N1CC(O)CC1C(=O)O. The molecule has 1 aromatic carbocycles. The highest BCUT2D eigenvalue weighted by Gasteiger charge is 2.43. The molecule has 1 aliphatic rings. The molecule has 19 heavy (non-hydrogen) atoms. The van der Waals surface area contributed by atoms with Crippen molar-refractivity contribution in [1.29, 1.82) is 0 Å². The minimum Gasteiger partial charge on any atom is -0.480 e. The summed E-state index contributed by atoms with van der Waals surface area (Å²) in [6.07, 6.45) is -1.03. The zero-order valence-corrected chi connectivity index (χ0v) is 11.2. The second-order valence-corrected chi connectivity index (χ2v) is 6.44. The Kier molecular flexibility index (Phi) is 3.62. The van der Waals surface area contributed by atoms with Crippen molar-refractivity contribution in [2.45, 2.75) is 30.4 Å². The van der Waals surface area contributed by atoms with Crippen molar-refractivity contribution in [1.82, 2.24) is 4.31 Å². The predicted molar refractivity (Wildman–Crippen MR) is 67.1 cm³/mol. The smallest absolute Gasteiger partial charge is 0.322 e. The third-order valence-electron chi connectivity index (χ3n) is 3.20. The van der Waals surface area contributed by atoms with Crippen LogP contribution in [0.4, 0.5) is 0 Å². The standard InChI is InChI=1S/C12H15NO5S/c1-8-4-2-3-5-11(8)19(17,18)13-7-9(14)6-10(13)12(15)16/h2-5,9-10,14H,6-7H2,1H3,(H,15,16). The minimum absolute atomic E-state index is 0.0790. The first-order chi connectivity index (χ1) is 8.84. The van der Waals surface area contributed by atoms with Crippen LogP contribution in [0.3, 0.4) is 0 Å². The van der Waals surface area contributed by atoms with Gasteiger partial charge in [0.15, 0.2) is 0 Å². The molecule has 0 radical (unpaired) electrons. The number of nitrogens with zero attached hydrogens (tertiary/aromatic N) is 1. The number of aliphatic carboxylic acids is 1. The van der Waals surface area contributed by atoms with E-state index in [4.69, 9.17) is 5.11 Å². The summed E-state index contributed by atoms with van der Waals surface area (Å²) in [6, 6.07) is 5.17. The van der Waals surface area contributed by atoms with Gasteiger partial charge in [0.2, 0.25) is 10.0 Å². The van der Waals surface area contributed by atoms with Crippen LogP contribution in [0.15, 0.2) is 29.2 Å². The molecule has 0 bridgehead atoms. The minimum atomic E-state index is -3.90. The van der Waals surface area contributed by atoms with E-state index in [1.165, 1.54) is 6.07 Å². The number of carbonyl (C=O) groups is 1. The lowest BCUT2D eigenvalue weighted by atomic mass is 10.2. The Morgan fingerprint density at radius 2 is 2.00 bits per heavy atom. The summed E-state index contributed by atoms with van der Waals surface area (Å²) in [5.74, 6) is -1.24. The Morgan fingerprint density at radius 1 is 1.37 bits per heavy atom. The van der Waals surface area contributed by atoms with Crippen LogP contribution in [0.25, 0.3) is 0 Å². The fraction of sp³-hybridized carbons (Fsp3) is 0.417. The number of sulfonamides is 1. The summed E-state index contributed by atoms with van der Waals surface area (Å²) in [5.41, 5.74) is 0.549. The molecule has 6 nitrogen and oxygen atoms in total. The van der Waals surface area contributed by atoms with Crippen LogP contribution in [-0.2, 0) is 14.8 Å². The Bertz CT molecular complexity index is 598. The highest BCUT2D eigenvalue weighted by molar-refractivity contribution is 7.89. The van der Waals surface area contributed by atoms with Gasteiger partial charge >= 0.3 is 5.97 Å². The molecule has 2 rings (SSSR count). The molecule has 1 saturated heterocycles. The molecule has 0 aromatic heterocycles. The van der Waals surface area contributed by atoms with Crippen molar-refractivity contribution >= 4 is 16.0 Å². The summed E-state index contributed by atoms with van der Waals surface area (Å²) in [5, 5.41) is 18.6. The van der Waals surface area contributed by atoms with Crippen molar-refractivity contribution < 1.29 is 23.4 Å². The van der Waals surface area contributed by atoms with Gasteiger partial charge in [-0.05, 0) is 18.6 Å². The van der Waals surface area contributed by atoms with Crippen LogP contribution in [0.2, 0.25) is 0 Å². The van der Waals surface area contributed by atoms with Gasteiger partial charge in [-0.25, -0.2) is 8.42 Å². The monoisotopic (exact) mass is 285 g/mol. The summed E-state index contributed by atoms with van der Waals surface area (Å²) < 4.78 is 25.8. The Hall–Kier alpha value is -1.44. The van der Waals surface area contributed by atoms with Crippen molar-refractivity contribution in [2.24, 2.45) is 0 Å². The largest absolute Gasteiger partial charge is 0.480 e. The fourth-order valence-corrected chi connectivity index (χ4v) is 4.10. The summed E-state index contributed by atoms with van der Waals surface area (Å²) in [4.78, 5) is 11.2. The lowest BCUT2D eigenvalue weighted by Gasteiger charge is -2.21. The highest BCUT2D eigenvalue weighted by atomic mass is 32.2. The molecule has 0 saturated carbocycles. The molecule has 1 fully saturated rings. The first kappa shape index (κ1) is 14.0. The predicted octanol–water partition coefficient (Wildman–Crippen LogP) is 0.204. The number of rotatable bonds is 3. The number of aliphatic hydroxyl groups is 1. The Morgan fingerprint density at radius 3 is 2.58 bits per heavy atom. The fourth-order valence-electron chi connectivity index (χ4n) is 2.25. The van der Waals surface area contributed by atoms with Crippen LogP contribution in [0.1, 0.15) is 12.0 Å². The zero-order valence-electron chi connectivity index (χ0n) is 10.4. The summed E-state index contributed by atoms with van der Waals surface area (Å²) in [7, 11) is -3.90. The van der Waals surface area contributed by atoms with Gasteiger partial charge in [0, 0.05) is 13.0 Å². The van der Waals surface area contributed by atoms with Gasteiger partial charge < -0.3 is 10.2 Å². The summed E-state index contributed by atoms with van der Waals surface area (Å²) >= 11 is 0. The van der Waals surface area contributed by atoms with Crippen molar-refractivity contribution in [2.75, 3.05) is 6.54 Å². The van der Waals surface area contributed by atoms with Crippen LogP contribution >= 0.6 is 0 Å². The van der Waals surface area contributed by atoms with E-state index < -0.39 is 28.1 Å². The molecule has 0 spiro atoms. The number of β-amino-alcohol motifs (C(OH)–C–C–N with tert-alkyl or cyclic N) is 1. The number of hydrogen-bond acceptors (Lipinski definition) is 4. The normalized spacial score (nSPS) is 24.5. The molecule has 104 valence electrons. The third kappa shape index (κ3) is 2.49. The molecule has 1 aliphatic heterocycles. The number of hydrogen-bond donors (Lipinski definition) is 2. The third-order valence-corrected chi connectivity index (χ3v) is 5.23. The van der Waals surface area contributed by atoms with Gasteiger partial charge in [-0.3, -0.25) is 4.79 Å². The molecular weight excluding hydrogens is 270 g/mol. The first-order valence-electron chi connectivity index (χ1n) is 5.82. The second kappa shape index (κ2) is 4.92. The summed E-state index contributed by atoms with van der Waals surface area (Å²) in [6.45, 7) is 1.46. The van der Waals surface area contributed by atoms with Crippen molar-refractivity contribution in [3.63, 3.8) is 0 Å². The molecular formula is C12H15NO5S. The molecule has 1 aromatic rings. The average molecular weight is 285 g/mol. The first-order valence-corrected chi connectivity index (χ1v) is 7.26. The molecule has 0 aliphatic carbocycles. The Balaban J connectivity index is 2.45. The molecule has 7 heteroatoms. The van der Waals surface area contributed by atoms with Crippen LogP contribution in [0.5, 0.6) is 0 Å². The van der Waals surface area contributed by atoms with Crippen LogP contribution in [-0.4, -0.2) is 47.6 Å². The quantitative estimate of drug-likeness (QED) is 0.827. The maximum atomic E-state index is 12.5. The van der Waals surface area contributed by atoms with E-state index in [1.807, 2.05) is 0 Å². The van der Waals surface area contributed by atoms with E-state index in [1.54, 1.807) is 25.1 Å². The molecule has 1 heterocycles. The van der Waals surface area contributed by atoms with Gasteiger partial charge in [0.25, 0.3) is 0 Å². The number of carboxylic acid groups (broad SMARTS) is 1. The van der Waals surface area contributed by atoms with Crippen molar-refractivity contribution in [3.05, 3.63) is 29.8 Å². The molecule has 2 unspecified atom stereocenters. The number of carboxylic acids is 1. The van der Waals surface area contributed by atoms with Gasteiger partial charge in [-0.1, -0.05) is 18.2 Å². The maximum Gasteiger partial charge on any atom is 0.322 e. The maximum absolute atomic E-state index is 12.5. The van der Waals surface area contributed by atoms with E-state index in [0.717, 1.165) is 4.31 Å². The zero-order chi connectivity index (χ0) is 14.2. The molecule has 0 amide bonds. The van der Waals surface area contributed by atoms with Crippen molar-refractivity contribution in [3.8, 4) is 0 Å². The lowest BCUT2D eigenvalue weighted by Crippen LogP contribution is -2.40. The van der Waals surface area contributed by atoms with E-state index in [0.29, 0.717) is 5.56 Å².